The maximum absolute atomic E-state index is 11.0. The highest BCUT2D eigenvalue weighted by Gasteiger charge is 2.24. The Morgan fingerprint density at radius 3 is 2.56 bits per heavy atom. The summed E-state index contributed by atoms with van der Waals surface area (Å²) in [5.41, 5.74) is 4.64. The molecule has 16 heavy (non-hydrogen) atoms. The summed E-state index contributed by atoms with van der Waals surface area (Å²) in [6, 6.07) is 0. The van der Waals surface area contributed by atoms with Gasteiger partial charge in [0.15, 0.2) is 5.11 Å². The summed E-state index contributed by atoms with van der Waals surface area (Å²) in [4.78, 5) is 11.0. The van der Waals surface area contributed by atoms with Crippen LogP contribution in [0.5, 0.6) is 0 Å². The second-order valence-electron chi connectivity index (χ2n) is 4.20. The number of thiocarbonyl (C=S) groups is 1. The predicted molar refractivity (Wildman–Crippen MR) is 68.1 cm³/mol. The van der Waals surface area contributed by atoms with Crippen LogP contribution in [0.15, 0.2) is 0 Å². The number of nitrogens with one attached hydrogen (secondary N) is 2. The molecule has 0 aliphatic heterocycles. The minimum absolute atomic E-state index is 0.345. The SMILES string of the molecule is COCCCNC(=S)NCC(C)(C)C(N)=O. The smallest absolute Gasteiger partial charge is 0.224 e. The molecule has 94 valence electrons. The Morgan fingerprint density at radius 2 is 2.06 bits per heavy atom. The number of carbonyl (C=O) groups excluding carboxylic acids is 1. The number of hydrogen-bond donors (Lipinski definition) is 3. The second kappa shape index (κ2) is 7.40. The average molecular weight is 247 g/mol. The Morgan fingerprint density at radius 1 is 1.44 bits per heavy atom. The van der Waals surface area contributed by atoms with Gasteiger partial charge in [-0.1, -0.05) is 0 Å². The quantitative estimate of drug-likeness (QED) is 0.436. The standard InChI is InChI=1S/C10H21N3O2S/c1-10(2,8(11)14)7-13-9(16)12-5-4-6-15-3/h4-7H2,1-3H3,(H2,11,14)(H2,12,13,16). The van der Waals surface area contributed by atoms with Gasteiger partial charge in [-0.05, 0) is 32.5 Å². The molecule has 4 N–H and O–H groups in total. The van der Waals surface area contributed by atoms with Crippen LogP contribution in [-0.4, -0.2) is 37.8 Å². The molecule has 0 spiro atoms. The third kappa shape index (κ3) is 6.58. The molecule has 0 rings (SSSR count). The zero-order valence-corrected chi connectivity index (χ0v) is 10.9. The lowest BCUT2D eigenvalue weighted by Crippen LogP contribution is -2.45. The summed E-state index contributed by atoms with van der Waals surface area (Å²) in [6.07, 6.45) is 0.886. The van der Waals surface area contributed by atoms with Crippen molar-refractivity contribution < 1.29 is 9.53 Å². The van der Waals surface area contributed by atoms with E-state index < -0.39 is 5.41 Å². The normalized spacial score (nSPS) is 10.9. The molecule has 0 saturated carbocycles. The monoisotopic (exact) mass is 247 g/mol. The van der Waals surface area contributed by atoms with E-state index in [0.29, 0.717) is 18.3 Å². The largest absolute Gasteiger partial charge is 0.385 e. The van der Waals surface area contributed by atoms with E-state index in [1.54, 1.807) is 21.0 Å². The maximum Gasteiger partial charge on any atom is 0.224 e. The topological polar surface area (TPSA) is 76.4 Å². The van der Waals surface area contributed by atoms with E-state index in [1.165, 1.54) is 0 Å². The van der Waals surface area contributed by atoms with E-state index in [4.69, 9.17) is 22.7 Å². The van der Waals surface area contributed by atoms with Gasteiger partial charge in [0.05, 0.1) is 5.41 Å². The highest BCUT2D eigenvalue weighted by molar-refractivity contribution is 7.80. The minimum atomic E-state index is -0.599. The number of nitrogens with two attached hydrogens (primary N) is 1. The van der Waals surface area contributed by atoms with Gasteiger partial charge >= 0.3 is 0 Å². The fourth-order valence-corrected chi connectivity index (χ4v) is 1.04. The Labute approximate surface area is 102 Å². The number of primary amides is 1. The highest BCUT2D eigenvalue weighted by Crippen LogP contribution is 2.11. The third-order valence-corrected chi connectivity index (χ3v) is 2.46. The number of methoxy groups -OCH3 is 1. The Kier molecular flexibility index (Phi) is 7.00. The van der Waals surface area contributed by atoms with Gasteiger partial charge in [0.2, 0.25) is 5.91 Å². The number of rotatable bonds is 7. The Balaban J connectivity index is 3.69. The molecular formula is C10H21N3O2S. The van der Waals surface area contributed by atoms with Crippen LogP contribution >= 0.6 is 12.2 Å². The van der Waals surface area contributed by atoms with Crippen molar-refractivity contribution in [3.05, 3.63) is 0 Å². The molecule has 0 saturated heterocycles. The van der Waals surface area contributed by atoms with Gasteiger partial charge in [-0.15, -0.1) is 0 Å². The highest BCUT2D eigenvalue weighted by atomic mass is 32.1. The molecule has 0 heterocycles. The first kappa shape index (κ1) is 15.1. The number of amides is 1. The molecule has 0 unspecified atom stereocenters. The van der Waals surface area contributed by atoms with Crippen LogP contribution in [0.25, 0.3) is 0 Å². The number of carbonyl (C=O) groups is 1. The van der Waals surface area contributed by atoms with Crippen LogP contribution in [-0.2, 0) is 9.53 Å². The zero-order valence-electron chi connectivity index (χ0n) is 10.1. The molecule has 0 atom stereocenters. The van der Waals surface area contributed by atoms with Crippen molar-refractivity contribution >= 4 is 23.2 Å². The van der Waals surface area contributed by atoms with Crippen molar-refractivity contribution in [2.45, 2.75) is 20.3 Å². The molecule has 1 amide bonds. The van der Waals surface area contributed by atoms with E-state index >= 15 is 0 Å². The predicted octanol–water partition coefficient (Wildman–Crippen LogP) is -0.00150. The van der Waals surface area contributed by atoms with Crippen LogP contribution in [0.1, 0.15) is 20.3 Å². The van der Waals surface area contributed by atoms with Gasteiger partial charge in [-0.3, -0.25) is 4.79 Å². The van der Waals surface area contributed by atoms with E-state index in [9.17, 15) is 4.79 Å². The van der Waals surface area contributed by atoms with Crippen molar-refractivity contribution in [1.29, 1.82) is 0 Å². The molecule has 0 fully saturated rings. The van der Waals surface area contributed by atoms with Crippen molar-refractivity contribution in [1.82, 2.24) is 10.6 Å². The van der Waals surface area contributed by atoms with E-state index in [-0.39, 0.29) is 5.91 Å². The molecule has 0 aliphatic carbocycles. The summed E-state index contributed by atoms with van der Waals surface area (Å²) in [5.74, 6) is -0.345. The minimum Gasteiger partial charge on any atom is -0.385 e. The number of hydrogen-bond acceptors (Lipinski definition) is 3. The summed E-state index contributed by atoms with van der Waals surface area (Å²) in [5, 5.41) is 6.51. The van der Waals surface area contributed by atoms with Gasteiger partial charge in [-0.25, -0.2) is 0 Å². The van der Waals surface area contributed by atoms with Gasteiger partial charge in [0, 0.05) is 26.8 Å². The number of ether oxygens (including phenoxy) is 1. The summed E-state index contributed by atoms with van der Waals surface area (Å²) in [6.45, 7) is 5.42. The van der Waals surface area contributed by atoms with Crippen LogP contribution in [0.3, 0.4) is 0 Å². The molecule has 0 aromatic carbocycles. The molecule has 0 aromatic rings. The second-order valence-corrected chi connectivity index (χ2v) is 4.61. The summed E-state index contributed by atoms with van der Waals surface area (Å²) in [7, 11) is 1.66. The Bertz CT molecular complexity index is 244. The molecule has 0 bridgehead atoms. The van der Waals surface area contributed by atoms with Gasteiger partial charge in [0.1, 0.15) is 0 Å². The van der Waals surface area contributed by atoms with E-state index in [1.807, 2.05) is 0 Å². The van der Waals surface area contributed by atoms with Crippen molar-refractivity contribution in [2.75, 3.05) is 26.8 Å². The summed E-state index contributed by atoms with van der Waals surface area (Å²) >= 11 is 5.04. The van der Waals surface area contributed by atoms with Crippen LogP contribution in [0.2, 0.25) is 0 Å². The molecule has 0 radical (unpaired) electrons. The van der Waals surface area contributed by atoms with Crippen LogP contribution < -0.4 is 16.4 Å². The molecule has 5 nitrogen and oxygen atoms in total. The first-order valence-electron chi connectivity index (χ1n) is 5.20. The van der Waals surface area contributed by atoms with Gasteiger partial charge < -0.3 is 21.1 Å². The van der Waals surface area contributed by atoms with Crippen molar-refractivity contribution in [2.24, 2.45) is 11.1 Å². The van der Waals surface area contributed by atoms with Crippen molar-refractivity contribution in [3.63, 3.8) is 0 Å². The van der Waals surface area contributed by atoms with E-state index in [2.05, 4.69) is 10.6 Å². The average Bonchev–Trinajstić information content (AvgIpc) is 2.21. The van der Waals surface area contributed by atoms with E-state index in [0.717, 1.165) is 13.0 Å². The Hall–Kier alpha value is -0.880. The lowest BCUT2D eigenvalue weighted by Gasteiger charge is -2.21. The first-order valence-corrected chi connectivity index (χ1v) is 5.61. The van der Waals surface area contributed by atoms with Crippen LogP contribution in [0, 0.1) is 5.41 Å². The fourth-order valence-electron chi connectivity index (χ4n) is 0.869. The lowest BCUT2D eigenvalue weighted by atomic mass is 9.93. The third-order valence-electron chi connectivity index (χ3n) is 2.17. The lowest BCUT2D eigenvalue weighted by molar-refractivity contribution is -0.125. The maximum atomic E-state index is 11.0. The summed E-state index contributed by atoms with van der Waals surface area (Å²) < 4.78 is 4.90. The first-order chi connectivity index (χ1) is 7.40. The van der Waals surface area contributed by atoms with Crippen LogP contribution in [0.4, 0.5) is 0 Å². The molecule has 0 aromatic heterocycles. The molecule has 0 aliphatic rings. The van der Waals surface area contributed by atoms with Gasteiger partial charge in [-0.2, -0.15) is 0 Å². The van der Waals surface area contributed by atoms with Crippen molar-refractivity contribution in [3.8, 4) is 0 Å². The van der Waals surface area contributed by atoms with Gasteiger partial charge in [0.25, 0.3) is 0 Å². The fraction of sp³-hybridized carbons (Fsp3) is 0.800. The zero-order chi connectivity index (χ0) is 12.6. The molecular weight excluding hydrogens is 226 g/mol. The molecule has 6 heteroatoms.